The number of carbonyl (C=O) groups is 1. The molecule has 112 valence electrons. The summed E-state index contributed by atoms with van der Waals surface area (Å²) in [6.45, 7) is 7.10. The number of amides is 1. The van der Waals surface area contributed by atoms with Crippen molar-refractivity contribution in [3.8, 4) is 6.07 Å². The van der Waals surface area contributed by atoms with Gasteiger partial charge in [-0.25, -0.2) is 0 Å². The first-order valence-electron chi connectivity index (χ1n) is 7.65. The highest BCUT2D eigenvalue weighted by atomic mass is 16.2. The summed E-state index contributed by atoms with van der Waals surface area (Å²) in [5.74, 6) is 0.0960. The Morgan fingerprint density at radius 3 is 2.38 bits per heavy atom. The van der Waals surface area contributed by atoms with E-state index >= 15 is 0 Å². The van der Waals surface area contributed by atoms with Gasteiger partial charge in [0.15, 0.2) is 0 Å². The van der Waals surface area contributed by atoms with Crippen LogP contribution in [0.25, 0.3) is 0 Å². The largest absolute Gasteiger partial charge is 0.336 e. The van der Waals surface area contributed by atoms with Crippen molar-refractivity contribution in [1.82, 2.24) is 9.80 Å². The molecule has 0 saturated carbocycles. The maximum absolute atomic E-state index is 12.4. The van der Waals surface area contributed by atoms with Crippen molar-refractivity contribution in [3.05, 3.63) is 35.4 Å². The third-order valence-corrected chi connectivity index (χ3v) is 4.05. The molecule has 0 aromatic heterocycles. The highest BCUT2D eigenvalue weighted by Crippen LogP contribution is 2.13. The van der Waals surface area contributed by atoms with Crippen LogP contribution in [0.1, 0.15) is 35.7 Å². The molecule has 1 unspecified atom stereocenters. The first-order chi connectivity index (χ1) is 10.2. The number of rotatable bonds is 4. The summed E-state index contributed by atoms with van der Waals surface area (Å²) in [6, 6.07) is 10.1. The second kappa shape index (κ2) is 7.24. The molecule has 1 aliphatic rings. The minimum atomic E-state index is -0.00775. The van der Waals surface area contributed by atoms with Gasteiger partial charge in [-0.3, -0.25) is 9.69 Å². The van der Waals surface area contributed by atoms with Gasteiger partial charge in [0.25, 0.3) is 5.91 Å². The van der Waals surface area contributed by atoms with Crippen LogP contribution in [0.2, 0.25) is 0 Å². The van der Waals surface area contributed by atoms with E-state index in [1.807, 2.05) is 36.1 Å². The summed E-state index contributed by atoms with van der Waals surface area (Å²) in [7, 11) is 0. The molecule has 0 aliphatic carbocycles. The Hall–Kier alpha value is -1.86. The van der Waals surface area contributed by atoms with E-state index < -0.39 is 0 Å². The van der Waals surface area contributed by atoms with E-state index in [9.17, 15) is 10.1 Å². The molecule has 1 atom stereocenters. The fourth-order valence-electron chi connectivity index (χ4n) is 2.72. The topological polar surface area (TPSA) is 47.3 Å². The zero-order chi connectivity index (χ0) is 15.2. The van der Waals surface area contributed by atoms with Crippen LogP contribution in [0.4, 0.5) is 0 Å². The first kappa shape index (κ1) is 15.5. The molecule has 1 amide bonds. The van der Waals surface area contributed by atoms with Crippen LogP contribution in [0.3, 0.4) is 0 Å². The molecule has 4 heteroatoms. The Morgan fingerprint density at radius 1 is 1.24 bits per heavy atom. The second-order valence-corrected chi connectivity index (χ2v) is 5.63. The molecule has 1 saturated heterocycles. The van der Waals surface area contributed by atoms with Gasteiger partial charge in [0.1, 0.15) is 0 Å². The van der Waals surface area contributed by atoms with Gasteiger partial charge < -0.3 is 4.90 Å². The van der Waals surface area contributed by atoms with Crippen LogP contribution in [0.15, 0.2) is 24.3 Å². The van der Waals surface area contributed by atoms with Gasteiger partial charge in [-0.05, 0) is 25.5 Å². The zero-order valence-electron chi connectivity index (χ0n) is 12.9. The molecule has 2 rings (SSSR count). The number of aryl methyl sites for hydroxylation is 1. The Labute approximate surface area is 127 Å². The lowest BCUT2D eigenvalue weighted by Crippen LogP contribution is -2.51. The van der Waals surface area contributed by atoms with E-state index in [1.54, 1.807) is 0 Å². The molecular weight excluding hydrogens is 262 g/mol. The van der Waals surface area contributed by atoms with Gasteiger partial charge in [0.05, 0.1) is 12.1 Å². The van der Waals surface area contributed by atoms with Crippen LogP contribution >= 0.6 is 0 Å². The summed E-state index contributed by atoms with van der Waals surface area (Å²) in [6.07, 6.45) is 1.92. The van der Waals surface area contributed by atoms with Crippen molar-refractivity contribution in [1.29, 1.82) is 5.26 Å². The van der Waals surface area contributed by atoms with Crippen LogP contribution in [-0.4, -0.2) is 47.9 Å². The normalized spacial score (nSPS) is 17.3. The van der Waals surface area contributed by atoms with Gasteiger partial charge >= 0.3 is 0 Å². The van der Waals surface area contributed by atoms with Crippen molar-refractivity contribution < 1.29 is 4.79 Å². The van der Waals surface area contributed by atoms with Crippen molar-refractivity contribution in [2.75, 3.05) is 26.2 Å². The van der Waals surface area contributed by atoms with Crippen molar-refractivity contribution in [3.63, 3.8) is 0 Å². The molecule has 0 bridgehead atoms. The minimum Gasteiger partial charge on any atom is -0.336 e. The smallest absolute Gasteiger partial charge is 0.253 e. The Kier molecular flexibility index (Phi) is 5.35. The number of nitrogens with zero attached hydrogens (tertiary/aromatic N) is 3. The monoisotopic (exact) mass is 285 g/mol. The zero-order valence-corrected chi connectivity index (χ0v) is 12.9. The number of hydrogen-bond donors (Lipinski definition) is 0. The maximum atomic E-state index is 12.4. The van der Waals surface area contributed by atoms with Gasteiger partial charge in [0, 0.05) is 31.7 Å². The highest BCUT2D eigenvalue weighted by molar-refractivity contribution is 5.94. The van der Waals surface area contributed by atoms with E-state index in [-0.39, 0.29) is 11.9 Å². The van der Waals surface area contributed by atoms with E-state index in [0.717, 1.165) is 37.1 Å². The van der Waals surface area contributed by atoms with Gasteiger partial charge in [-0.1, -0.05) is 31.0 Å². The lowest BCUT2D eigenvalue weighted by Gasteiger charge is -2.37. The standard InChI is InChI=1S/C17H23N3O/c1-3-4-16(13-18)19-9-11-20(12-10-19)17(21)15-7-5-14(2)6-8-15/h5-8,16H,3-4,9-12H2,1-2H3. The predicted octanol–water partition coefficient (Wildman–Crippen LogP) is 2.45. The highest BCUT2D eigenvalue weighted by Gasteiger charge is 2.25. The van der Waals surface area contributed by atoms with E-state index in [4.69, 9.17) is 0 Å². The molecule has 1 fully saturated rings. The molecule has 21 heavy (non-hydrogen) atoms. The lowest BCUT2D eigenvalue weighted by atomic mass is 10.1. The average Bonchev–Trinajstić information content (AvgIpc) is 2.53. The SMILES string of the molecule is CCCC(C#N)N1CCN(C(=O)c2ccc(C)cc2)CC1. The molecule has 0 spiro atoms. The summed E-state index contributed by atoms with van der Waals surface area (Å²) in [5.41, 5.74) is 1.91. The maximum Gasteiger partial charge on any atom is 0.253 e. The number of carbonyl (C=O) groups excluding carboxylic acids is 1. The van der Waals surface area contributed by atoms with Crippen LogP contribution in [0.5, 0.6) is 0 Å². The molecule has 1 aromatic rings. The molecule has 1 heterocycles. The molecule has 1 aliphatic heterocycles. The van der Waals surface area contributed by atoms with Crippen molar-refractivity contribution >= 4 is 5.91 Å². The molecule has 4 nitrogen and oxygen atoms in total. The summed E-state index contributed by atoms with van der Waals surface area (Å²) in [4.78, 5) is 16.5. The van der Waals surface area contributed by atoms with Crippen molar-refractivity contribution in [2.24, 2.45) is 0 Å². The molecule has 0 radical (unpaired) electrons. The number of hydrogen-bond acceptors (Lipinski definition) is 3. The van der Waals surface area contributed by atoms with Crippen LogP contribution in [0, 0.1) is 18.3 Å². The van der Waals surface area contributed by atoms with Crippen molar-refractivity contribution in [2.45, 2.75) is 32.7 Å². The van der Waals surface area contributed by atoms with E-state index in [2.05, 4.69) is 17.9 Å². The molecule has 1 aromatic carbocycles. The number of benzene rings is 1. The number of piperazine rings is 1. The fraction of sp³-hybridized carbons (Fsp3) is 0.529. The van der Waals surface area contributed by atoms with E-state index in [1.165, 1.54) is 0 Å². The predicted molar refractivity (Wildman–Crippen MR) is 83.0 cm³/mol. The molecular formula is C17H23N3O. The third-order valence-electron chi connectivity index (χ3n) is 4.05. The molecule has 0 N–H and O–H groups in total. The lowest BCUT2D eigenvalue weighted by molar-refractivity contribution is 0.0601. The first-order valence-corrected chi connectivity index (χ1v) is 7.65. The van der Waals surface area contributed by atoms with Crippen LogP contribution in [-0.2, 0) is 0 Å². The van der Waals surface area contributed by atoms with E-state index in [0.29, 0.717) is 13.1 Å². The summed E-state index contributed by atoms with van der Waals surface area (Å²) in [5, 5.41) is 9.22. The summed E-state index contributed by atoms with van der Waals surface area (Å²) >= 11 is 0. The second-order valence-electron chi connectivity index (χ2n) is 5.63. The summed E-state index contributed by atoms with van der Waals surface area (Å²) < 4.78 is 0. The van der Waals surface area contributed by atoms with Gasteiger partial charge in [-0.2, -0.15) is 5.26 Å². The Bertz CT molecular complexity index is 510. The van der Waals surface area contributed by atoms with Gasteiger partial charge in [-0.15, -0.1) is 0 Å². The Balaban J connectivity index is 1.93. The third kappa shape index (κ3) is 3.83. The average molecular weight is 285 g/mol. The van der Waals surface area contributed by atoms with Crippen LogP contribution < -0.4 is 0 Å². The minimum absolute atomic E-state index is 0.00775. The quantitative estimate of drug-likeness (QED) is 0.853. The van der Waals surface area contributed by atoms with Gasteiger partial charge in [0.2, 0.25) is 0 Å². The number of nitriles is 1. The fourth-order valence-corrected chi connectivity index (χ4v) is 2.72. The Morgan fingerprint density at radius 2 is 1.86 bits per heavy atom.